The number of piperazine rings is 1. The first-order valence-corrected chi connectivity index (χ1v) is 10.5. The molecule has 2 saturated heterocycles. The molecule has 2 heterocycles. The molecule has 0 spiro atoms. The minimum absolute atomic E-state index is 0.0755. The summed E-state index contributed by atoms with van der Waals surface area (Å²) >= 11 is 5.93. The summed E-state index contributed by atoms with van der Waals surface area (Å²) in [6.07, 6.45) is -1.05. The van der Waals surface area contributed by atoms with E-state index in [1.165, 1.54) is 12.1 Å². The van der Waals surface area contributed by atoms with Crippen molar-refractivity contribution in [3.05, 3.63) is 70.0 Å². The highest BCUT2D eigenvalue weighted by atomic mass is 35.5. The van der Waals surface area contributed by atoms with E-state index in [4.69, 9.17) is 21.6 Å². The maximum atomic E-state index is 14.5. The van der Waals surface area contributed by atoms with Crippen LogP contribution in [-0.4, -0.2) is 47.9 Å². The standard InChI is InChI=1S/C23H21ClFN3O3/c24-17-4-1-15(2-5-17)14-27-7-9-28(10-8-27)23(30)19-12-21(29)31-22(19)18-6-3-16(13-26)11-20(18)25/h1-6,11,19,22H,7-10,12,14H2/t19-,22?/m0/s1. The number of benzene rings is 2. The zero-order chi connectivity index (χ0) is 22.0. The normalized spacial score (nSPS) is 21.6. The molecule has 0 bridgehead atoms. The lowest BCUT2D eigenvalue weighted by atomic mass is 9.92. The summed E-state index contributed by atoms with van der Waals surface area (Å²) in [6, 6.07) is 13.5. The van der Waals surface area contributed by atoms with Gasteiger partial charge in [0.05, 0.1) is 24.0 Å². The number of ether oxygens (including phenoxy) is 1. The number of cyclic esters (lactones) is 1. The first kappa shape index (κ1) is 21.3. The van der Waals surface area contributed by atoms with Gasteiger partial charge in [-0.25, -0.2) is 4.39 Å². The smallest absolute Gasteiger partial charge is 0.307 e. The molecular formula is C23H21ClFN3O3. The van der Waals surface area contributed by atoms with E-state index in [0.29, 0.717) is 31.2 Å². The topological polar surface area (TPSA) is 73.6 Å². The summed E-state index contributed by atoms with van der Waals surface area (Å²) in [6.45, 7) is 3.22. The van der Waals surface area contributed by atoms with Crippen LogP contribution in [0.5, 0.6) is 0 Å². The Hall–Kier alpha value is -2.95. The number of hydrogen-bond acceptors (Lipinski definition) is 5. The predicted molar refractivity (Wildman–Crippen MR) is 111 cm³/mol. The Bertz CT molecular complexity index is 1030. The van der Waals surface area contributed by atoms with Crippen molar-refractivity contribution in [1.29, 1.82) is 5.26 Å². The summed E-state index contributed by atoms with van der Waals surface area (Å²) in [5.41, 5.74) is 1.45. The molecule has 31 heavy (non-hydrogen) atoms. The van der Waals surface area contributed by atoms with Crippen LogP contribution in [0, 0.1) is 23.1 Å². The molecular weight excluding hydrogens is 421 g/mol. The summed E-state index contributed by atoms with van der Waals surface area (Å²) in [5, 5.41) is 9.62. The molecule has 2 aliphatic heterocycles. The van der Waals surface area contributed by atoms with Gasteiger partial charge < -0.3 is 9.64 Å². The lowest BCUT2D eigenvalue weighted by Gasteiger charge is -2.36. The molecule has 6 nitrogen and oxygen atoms in total. The van der Waals surface area contributed by atoms with E-state index in [1.807, 2.05) is 30.3 Å². The van der Waals surface area contributed by atoms with E-state index < -0.39 is 23.8 Å². The number of nitrogens with zero attached hydrogens (tertiary/aromatic N) is 3. The third-order valence-electron chi connectivity index (χ3n) is 5.77. The third-order valence-corrected chi connectivity index (χ3v) is 6.02. The van der Waals surface area contributed by atoms with Crippen LogP contribution in [0.2, 0.25) is 5.02 Å². The van der Waals surface area contributed by atoms with Crippen molar-refractivity contribution >= 4 is 23.5 Å². The number of carbonyl (C=O) groups excluding carboxylic acids is 2. The number of amides is 1. The van der Waals surface area contributed by atoms with Crippen molar-refractivity contribution in [3.63, 3.8) is 0 Å². The Morgan fingerprint density at radius 2 is 1.87 bits per heavy atom. The van der Waals surface area contributed by atoms with Gasteiger partial charge in [-0.3, -0.25) is 14.5 Å². The van der Waals surface area contributed by atoms with Gasteiger partial charge >= 0.3 is 5.97 Å². The van der Waals surface area contributed by atoms with Crippen molar-refractivity contribution < 1.29 is 18.7 Å². The molecule has 0 aromatic heterocycles. The lowest BCUT2D eigenvalue weighted by molar-refractivity contribution is -0.142. The summed E-state index contributed by atoms with van der Waals surface area (Å²) < 4.78 is 19.8. The molecule has 1 amide bonds. The molecule has 160 valence electrons. The number of nitriles is 1. The van der Waals surface area contributed by atoms with Crippen LogP contribution in [0.25, 0.3) is 0 Å². The van der Waals surface area contributed by atoms with Gasteiger partial charge in [-0.1, -0.05) is 29.8 Å². The van der Waals surface area contributed by atoms with Gasteiger partial charge in [-0.15, -0.1) is 0 Å². The average molecular weight is 442 g/mol. The number of rotatable bonds is 4. The van der Waals surface area contributed by atoms with Gasteiger partial charge in [-0.05, 0) is 29.8 Å². The Labute approximate surface area is 184 Å². The minimum atomic E-state index is -0.972. The highest BCUT2D eigenvalue weighted by Crippen LogP contribution is 2.38. The zero-order valence-corrected chi connectivity index (χ0v) is 17.5. The molecule has 2 aromatic carbocycles. The first-order valence-electron chi connectivity index (χ1n) is 10.1. The number of hydrogen-bond donors (Lipinski definition) is 0. The third kappa shape index (κ3) is 4.71. The fraction of sp³-hybridized carbons (Fsp3) is 0.348. The minimum Gasteiger partial charge on any atom is -0.456 e. The molecule has 2 aliphatic rings. The van der Waals surface area contributed by atoms with E-state index in [0.717, 1.165) is 18.2 Å². The van der Waals surface area contributed by atoms with Crippen molar-refractivity contribution in [3.8, 4) is 6.07 Å². The Balaban J connectivity index is 1.41. The fourth-order valence-corrected chi connectivity index (χ4v) is 4.22. The SMILES string of the molecule is N#Cc1ccc(C2OC(=O)C[C@@H]2C(=O)N2CCN(Cc3ccc(Cl)cc3)CC2)c(F)c1. The molecule has 8 heteroatoms. The second-order valence-electron chi connectivity index (χ2n) is 7.80. The van der Waals surface area contributed by atoms with Gasteiger partial charge in [-0.2, -0.15) is 5.26 Å². The van der Waals surface area contributed by atoms with Gasteiger partial charge in [0, 0.05) is 43.3 Å². The van der Waals surface area contributed by atoms with Crippen LogP contribution < -0.4 is 0 Å². The van der Waals surface area contributed by atoms with Gasteiger partial charge in [0.2, 0.25) is 5.91 Å². The number of carbonyl (C=O) groups is 2. The van der Waals surface area contributed by atoms with Crippen LogP contribution in [0.1, 0.15) is 29.2 Å². The van der Waals surface area contributed by atoms with E-state index in [-0.39, 0.29) is 23.5 Å². The van der Waals surface area contributed by atoms with Crippen molar-refractivity contribution in [1.82, 2.24) is 9.80 Å². The summed E-state index contributed by atoms with van der Waals surface area (Å²) in [5.74, 6) is -2.14. The van der Waals surface area contributed by atoms with Crippen LogP contribution >= 0.6 is 11.6 Å². The second kappa shape index (κ2) is 9.04. The van der Waals surface area contributed by atoms with Gasteiger partial charge in [0.15, 0.2) is 0 Å². The highest BCUT2D eigenvalue weighted by Gasteiger charge is 2.44. The zero-order valence-electron chi connectivity index (χ0n) is 16.8. The van der Waals surface area contributed by atoms with Crippen LogP contribution in [0.3, 0.4) is 0 Å². The largest absolute Gasteiger partial charge is 0.456 e. The van der Waals surface area contributed by atoms with E-state index >= 15 is 0 Å². The van der Waals surface area contributed by atoms with Crippen LogP contribution in [-0.2, 0) is 20.9 Å². The highest BCUT2D eigenvalue weighted by molar-refractivity contribution is 6.30. The van der Waals surface area contributed by atoms with Crippen LogP contribution in [0.4, 0.5) is 4.39 Å². The number of halogens is 2. The Morgan fingerprint density at radius 1 is 1.16 bits per heavy atom. The van der Waals surface area contributed by atoms with Crippen molar-refractivity contribution in [2.24, 2.45) is 5.92 Å². The molecule has 0 saturated carbocycles. The van der Waals surface area contributed by atoms with E-state index in [9.17, 15) is 14.0 Å². The summed E-state index contributed by atoms with van der Waals surface area (Å²) in [4.78, 5) is 29.1. The summed E-state index contributed by atoms with van der Waals surface area (Å²) in [7, 11) is 0. The molecule has 2 aromatic rings. The Kier molecular flexibility index (Phi) is 6.21. The second-order valence-corrected chi connectivity index (χ2v) is 8.23. The maximum Gasteiger partial charge on any atom is 0.307 e. The van der Waals surface area contributed by atoms with Crippen LogP contribution in [0.15, 0.2) is 42.5 Å². The lowest BCUT2D eigenvalue weighted by Crippen LogP contribution is -2.50. The van der Waals surface area contributed by atoms with Crippen molar-refractivity contribution in [2.45, 2.75) is 19.1 Å². The van der Waals surface area contributed by atoms with Gasteiger partial charge in [0.1, 0.15) is 11.9 Å². The average Bonchev–Trinajstić information content (AvgIpc) is 3.16. The van der Waals surface area contributed by atoms with E-state index in [2.05, 4.69) is 4.90 Å². The molecule has 0 aliphatic carbocycles. The van der Waals surface area contributed by atoms with Crippen molar-refractivity contribution in [2.75, 3.05) is 26.2 Å². The van der Waals surface area contributed by atoms with Gasteiger partial charge in [0.25, 0.3) is 0 Å². The Morgan fingerprint density at radius 3 is 2.52 bits per heavy atom. The predicted octanol–water partition coefficient (Wildman–Crippen LogP) is 3.30. The monoisotopic (exact) mass is 441 g/mol. The first-order chi connectivity index (χ1) is 14.9. The maximum absolute atomic E-state index is 14.5. The fourth-order valence-electron chi connectivity index (χ4n) is 4.09. The quantitative estimate of drug-likeness (QED) is 0.681. The molecule has 0 radical (unpaired) electrons. The number of esters is 1. The molecule has 1 unspecified atom stereocenters. The molecule has 0 N–H and O–H groups in total. The molecule has 2 atom stereocenters. The molecule has 2 fully saturated rings. The molecule has 4 rings (SSSR count). The van der Waals surface area contributed by atoms with E-state index in [1.54, 1.807) is 4.90 Å².